The SMILES string of the molecule is N#CC1(C#N)[C@H](c2ccnnc2)[C@H](C(=O)c2ccccc2)N2c3ccccc3C=C[C@H]21. The number of hydrogen-bond donors (Lipinski definition) is 0. The number of nitrogens with zero attached hydrogens (tertiary/aromatic N) is 5. The molecule has 5 rings (SSSR count). The second-order valence-electron chi connectivity index (χ2n) is 7.69. The number of anilines is 1. The average molecular weight is 403 g/mol. The van der Waals surface area contributed by atoms with Crippen molar-refractivity contribution in [3.8, 4) is 12.1 Å². The lowest BCUT2D eigenvalue weighted by atomic mass is 9.69. The Balaban J connectivity index is 1.79. The molecular weight excluding hydrogens is 386 g/mol. The van der Waals surface area contributed by atoms with Crippen molar-refractivity contribution in [2.45, 2.75) is 18.0 Å². The van der Waals surface area contributed by atoms with Crippen molar-refractivity contribution in [2.24, 2.45) is 5.41 Å². The summed E-state index contributed by atoms with van der Waals surface area (Å²) in [6.07, 6.45) is 6.87. The Kier molecular flexibility index (Phi) is 4.34. The van der Waals surface area contributed by atoms with E-state index < -0.39 is 23.4 Å². The first kappa shape index (κ1) is 18.7. The molecular formula is C25H17N5O. The number of hydrogen-bond acceptors (Lipinski definition) is 6. The summed E-state index contributed by atoms with van der Waals surface area (Å²) >= 11 is 0. The Hall–Kier alpha value is -4.29. The number of rotatable bonds is 3. The van der Waals surface area contributed by atoms with E-state index >= 15 is 0 Å². The van der Waals surface area contributed by atoms with E-state index in [1.165, 1.54) is 6.20 Å². The van der Waals surface area contributed by atoms with Crippen LogP contribution in [0.3, 0.4) is 0 Å². The highest BCUT2D eigenvalue weighted by Crippen LogP contribution is 2.55. The molecule has 2 aromatic carbocycles. The Labute approximate surface area is 179 Å². The van der Waals surface area contributed by atoms with Crippen LogP contribution in [0.2, 0.25) is 0 Å². The van der Waals surface area contributed by atoms with Crippen LogP contribution in [0, 0.1) is 28.1 Å². The second kappa shape index (κ2) is 7.19. The lowest BCUT2D eigenvalue weighted by Gasteiger charge is -2.35. The molecule has 2 aliphatic heterocycles. The van der Waals surface area contributed by atoms with Gasteiger partial charge in [-0.2, -0.15) is 20.7 Å². The molecule has 6 nitrogen and oxygen atoms in total. The van der Waals surface area contributed by atoms with Gasteiger partial charge in [-0.15, -0.1) is 0 Å². The van der Waals surface area contributed by atoms with Crippen molar-refractivity contribution in [3.05, 3.63) is 95.8 Å². The zero-order valence-corrected chi connectivity index (χ0v) is 16.5. The van der Waals surface area contributed by atoms with Crippen LogP contribution in [0.1, 0.15) is 27.4 Å². The summed E-state index contributed by atoms with van der Waals surface area (Å²) in [4.78, 5) is 15.8. The molecule has 3 heterocycles. The topological polar surface area (TPSA) is 93.7 Å². The summed E-state index contributed by atoms with van der Waals surface area (Å²) in [6.45, 7) is 0. The first-order chi connectivity index (χ1) is 15.2. The van der Waals surface area contributed by atoms with Crippen molar-refractivity contribution in [2.75, 3.05) is 4.90 Å². The summed E-state index contributed by atoms with van der Waals surface area (Å²) in [5, 5.41) is 28.5. The van der Waals surface area contributed by atoms with Gasteiger partial charge >= 0.3 is 0 Å². The Morgan fingerprint density at radius 3 is 2.42 bits per heavy atom. The molecule has 3 atom stereocenters. The Bertz CT molecular complexity index is 1240. The maximum absolute atomic E-state index is 13.9. The maximum Gasteiger partial charge on any atom is 0.185 e. The molecule has 3 aromatic rings. The Morgan fingerprint density at radius 1 is 0.968 bits per heavy atom. The van der Waals surface area contributed by atoms with Crippen LogP contribution in [0.5, 0.6) is 0 Å². The maximum atomic E-state index is 13.9. The number of nitriles is 2. The minimum Gasteiger partial charge on any atom is -0.351 e. The van der Waals surface area contributed by atoms with Crippen LogP contribution in [0.15, 0.2) is 79.1 Å². The van der Waals surface area contributed by atoms with Gasteiger partial charge in [0.05, 0.1) is 24.4 Å². The van der Waals surface area contributed by atoms with Gasteiger partial charge in [-0.3, -0.25) is 4.79 Å². The third kappa shape index (κ3) is 2.66. The van der Waals surface area contributed by atoms with Crippen LogP contribution >= 0.6 is 0 Å². The number of carbonyl (C=O) groups excluding carboxylic acids is 1. The number of para-hydroxylation sites is 1. The molecule has 1 saturated heterocycles. The van der Waals surface area contributed by atoms with Crippen LogP contribution < -0.4 is 4.90 Å². The second-order valence-corrected chi connectivity index (χ2v) is 7.69. The molecule has 0 bridgehead atoms. The zero-order valence-electron chi connectivity index (χ0n) is 16.5. The fourth-order valence-corrected chi connectivity index (χ4v) is 4.87. The predicted molar refractivity (Wildman–Crippen MR) is 115 cm³/mol. The van der Waals surface area contributed by atoms with E-state index in [1.807, 2.05) is 59.5 Å². The first-order valence-electron chi connectivity index (χ1n) is 9.95. The van der Waals surface area contributed by atoms with Gasteiger partial charge in [0, 0.05) is 23.4 Å². The summed E-state index contributed by atoms with van der Waals surface area (Å²) in [7, 11) is 0. The van der Waals surface area contributed by atoms with Gasteiger partial charge in [0.1, 0.15) is 6.04 Å². The van der Waals surface area contributed by atoms with E-state index in [9.17, 15) is 15.3 Å². The molecule has 0 unspecified atom stereocenters. The van der Waals surface area contributed by atoms with Crippen molar-refractivity contribution in [1.82, 2.24) is 10.2 Å². The standard InChI is InChI=1S/C25H17N5O/c26-15-25(16-27)21-11-10-17-6-4-5-9-20(17)30(21)23(22(25)19-12-13-28-29-14-19)24(31)18-7-2-1-3-8-18/h1-14,21-23H/t21-,22+,23+/m0/s1. The molecule has 1 aromatic heterocycles. The highest BCUT2D eigenvalue weighted by atomic mass is 16.1. The van der Waals surface area contributed by atoms with Gasteiger partial charge in [0.2, 0.25) is 0 Å². The van der Waals surface area contributed by atoms with Gasteiger partial charge in [0.15, 0.2) is 11.2 Å². The molecule has 1 fully saturated rings. The normalized spacial score (nSPS) is 22.6. The molecule has 0 saturated carbocycles. The van der Waals surface area contributed by atoms with Crippen molar-refractivity contribution in [3.63, 3.8) is 0 Å². The fourth-order valence-electron chi connectivity index (χ4n) is 4.87. The van der Waals surface area contributed by atoms with Crippen LogP contribution in [-0.4, -0.2) is 28.1 Å². The molecule has 0 N–H and O–H groups in total. The van der Waals surface area contributed by atoms with Crippen molar-refractivity contribution >= 4 is 17.5 Å². The number of ketones is 1. The fraction of sp³-hybridized carbons (Fsp3) is 0.160. The van der Waals surface area contributed by atoms with Crippen molar-refractivity contribution in [1.29, 1.82) is 10.5 Å². The molecule has 31 heavy (non-hydrogen) atoms. The summed E-state index contributed by atoms with van der Waals surface area (Å²) in [6, 6.07) is 21.7. The van der Waals surface area contributed by atoms with Gasteiger partial charge < -0.3 is 4.90 Å². The molecule has 6 heteroatoms. The summed E-state index contributed by atoms with van der Waals surface area (Å²) in [5.74, 6) is -0.837. The number of Topliss-reactive ketones (excluding diaryl/α,β-unsaturated/α-hetero) is 1. The van der Waals surface area contributed by atoms with Gasteiger partial charge in [0.25, 0.3) is 0 Å². The van der Waals surface area contributed by atoms with E-state index in [1.54, 1.807) is 24.4 Å². The van der Waals surface area contributed by atoms with Crippen molar-refractivity contribution < 1.29 is 4.79 Å². The van der Waals surface area contributed by atoms with E-state index in [4.69, 9.17) is 0 Å². The molecule has 0 amide bonds. The molecule has 0 radical (unpaired) electrons. The van der Waals surface area contributed by atoms with Crippen LogP contribution in [0.25, 0.3) is 6.08 Å². The van der Waals surface area contributed by atoms with Crippen LogP contribution in [0.4, 0.5) is 5.69 Å². The number of fused-ring (bicyclic) bond motifs is 3. The predicted octanol–water partition coefficient (Wildman–Crippen LogP) is 3.76. The zero-order chi connectivity index (χ0) is 21.4. The highest BCUT2D eigenvalue weighted by Gasteiger charge is 2.63. The minimum absolute atomic E-state index is 0.134. The van der Waals surface area contributed by atoms with E-state index in [-0.39, 0.29) is 5.78 Å². The third-order valence-electron chi connectivity index (χ3n) is 6.21. The minimum atomic E-state index is -1.47. The quantitative estimate of drug-likeness (QED) is 0.618. The first-order valence-corrected chi connectivity index (χ1v) is 9.95. The monoisotopic (exact) mass is 403 g/mol. The third-order valence-corrected chi connectivity index (χ3v) is 6.21. The average Bonchev–Trinajstić information content (AvgIpc) is 3.15. The lowest BCUT2D eigenvalue weighted by molar-refractivity contribution is 0.0951. The smallest absolute Gasteiger partial charge is 0.185 e. The van der Waals surface area contributed by atoms with Gasteiger partial charge in [-0.25, -0.2) is 0 Å². The van der Waals surface area contributed by atoms with E-state index in [0.717, 1.165) is 11.3 Å². The summed E-state index contributed by atoms with van der Waals surface area (Å²) < 4.78 is 0. The Morgan fingerprint density at radius 2 is 1.71 bits per heavy atom. The highest BCUT2D eigenvalue weighted by molar-refractivity contribution is 6.04. The lowest BCUT2D eigenvalue weighted by Crippen LogP contribution is -2.44. The molecule has 0 spiro atoms. The largest absolute Gasteiger partial charge is 0.351 e. The summed E-state index contributed by atoms with van der Waals surface area (Å²) in [5.41, 5.74) is 1.50. The molecule has 2 aliphatic rings. The van der Waals surface area contributed by atoms with Crippen LogP contribution in [-0.2, 0) is 0 Å². The van der Waals surface area contributed by atoms with E-state index in [2.05, 4.69) is 22.3 Å². The number of aromatic nitrogens is 2. The van der Waals surface area contributed by atoms with Gasteiger partial charge in [-0.1, -0.05) is 60.7 Å². The van der Waals surface area contributed by atoms with E-state index in [0.29, 0.717) is 11.1 Å². The molecule has 148 valence electrons. The van der Waals surface area contributed by atoms with Gasteiger partial charge in [-0.05, 0) is 23.3 Å². The number of benzene rings is 2. The number of carbonyl (C=O) groups is 1. The molecule has 0 aliphatic carbocycles.